The topological polar surface area (TPSA) is 117 Å². The number of aromatic nitrogens is 1. The van der Waals surface area contributed by atoms with E-state index in [1.54, 1.807) is 6.92 Å². The lowest BCUT2D eigenvalue weighted by molar-refractivity contribution is -0.140. The number of aliphatic carboxylic acids is 2. The van der Waals surface area contributed by atoms with Gasteiger partial charge >= 0.3 is 11.9 Å². The van der Waals surface area contributed by atoms with Crippen LogP contribution in [0, 0.1) is 12.7 Å². The van der Waals surface area contributed by atoms with Crippen LogP contribution in [0.2, 0.25) is 0 Å². The number of aryl methyl sites for hydroxylation is 1. The van der Waals surface area contributed by atoms with Gasteiger partial charge in [-0.25, -0.2) is 9.18 Å². The molecule has 0 fully saturated rings. The molecule has 8 heteroatoms. The van der Waals surface area contributed by atoms with E-state index in [-0.39, 0.29) is 17.4 Å². The van der Waals surface area contributed by atoms with E-state index in [1.807, 2.05) is 0 Å². The number of fused-ring (bicyclic) bond motifs is 1. The molecule has 0 bridgehead atoms. The average molecular weight is 334 g/mol. The van der Waals surface area contributed by atoms with Crippen LogP contribution in [0.3, 0.4) is 0 Å². The summed E-state index contributed by atoms with van der Waals surface area (Å²) in [6.45, 7) is 1.65. The van der Waals surface area contributed by atoms with Crippen LogP contribution in [-0.2, 0) is 9.59 Å². The first-order chi connectivity index (χ1) is 11.3. The van der Waals surface area contributed by atoms with Gasteiger partial charge in [-0.2, -0.15) is 0 Å². The summed E-state index contributed by atoms with van der Waals surface area (Å²) in [5.74, 6) is -3.79. The SMILES string of the molecule is Cc1cc(C(=O)NC(CCC(=O)O)C(=O)O)c2cc(F)ccc2n1. The van der Waals surface area contributed by atoms with Gasteiger partial charge in [0.25, 0.3) is 5.91 Å². The molecule has 1 aromatic heterocycles. The van der Waals surface area contributed by atoms with Crippen molar-refractivity contribution in [1.29, 1.82) is 0 Å². The van der Waals surface area contributed by atoms with Crippen LogP contribution in [-0.4, -0.2) is 39.1 Å². The molecule has 2 rings (SSSR count). The first kappa shape index (κ1) is 17.3. The van der Waals surface area contributed by atoms with E-state index < -0.39 is 36.1 Å². The van der Waals surface area contributed by atoms with Gasteiger partial charge in [-0.1, -0.05) is 0 Å². The van der Waals surface area contributed by atoms with Crippen molar-refractivity contribution in [2.24, 2.45) is 0 Å². The minimum absolute atomic E-state index is 0.0820. The average Bonchev–Trinajstić information content (AvgIpc) is 2.50. The van der Waals surface area contributed by atoms with Crippen molar-refractivity contribution in [3.63, 3.8) is 0 Å². The Morgan fingerprint density at radius 2 is 1.96 bits per heavy atom. The first-order valence-corrected chi connectivity index (χ1v) is 7.10. The van der Waals surface area contributed by atoms with Gasteiger partial charge in [0, 0.05) is 17.5 Å². The van der Waals surface area contributed by atoms with E-state index in [0.29, 0.717) is 11.2 Å². The number of benzene rings is 1. The second-order valence-electron chi connectivity index (χ2n) is 5.27. The predicted octanol–water partition coefficient (Wildman–Crippen LogP) is 1.73. The normalized spacial score (nSPS) is 11.9. The highest BCUT2D eigenvalue weighted by Crippen LogP contribution is 2.20. The molecule has 7 nitrogen and oxygen atoms in total. The fourth-order valence-corrected chi connectivity index (χ4v) is 2.28. The molecule has 0 spiro atoms. The molecule has 0 aliphatic heterocycles. The van der Waals surface area contributed by atoms with Crippen molar-refractivity contribution in [3.8, 4) is 0 Å². The zero-order valence-electron chi connectivity index (χ0n) is 12.7. The zero-order chi connectivity index (χ0) is 17.9. The lowest BCUT2D eigenvalue weighted by Gasteiger charge is -2.15. The maximum atomic E-state index is 13.5. The molecule has 1 aromatic carbocycles. The number of carbonyl (C=O) groups excluding carboxylic acids is 1. The van der Waals surface area contributed by atoms with Crippen molar-refractivity contribution in [2.75, 3.05) is 0 Å². The fraction of sp³-hybridized carbons (Fsp3) is 0.250. The summed E-state index contributed by atoms with van der Waals surface area (Å²) in [5.41, 5.74) is 0.995. The second-order valence-corrected chi connectivity index (χ2v) is 5.27. The molecule has 1 heterocycles. The summed E-state index contributed by atoms with van der Waals surface area (Å²) in [4.78, 5) is 38.4. The molecular formula is C16H15FN2O5. The molecule has 0 radical (unpaired) electrons. The third-order valence-corrected chi connectivity index (χ3v) is 3.39. The number of carbonyl (C=O) groups is 3. The maximum absolute atomic E-state index is 13.5. The van der Waals surface area contributed by atoms with E-state index in [9.17, 15) is 18.8 Å². The third kappa shape index (κ3) is 4.03. The lowest BCUT2D eigenvalue weighted by Crippen LogP contribution is -2.41. The second kappa shape index (κ2) is 7.03. The standard InChI is InChI=1S/C16H15FN2O5/c1-8-6-11(10-7-9(17)2-3-12(10)18-8)15(22)19-13(16(23)24)4-5-14(20)21/h2-3,6-7,13H,4-5H2,1H3,(H,19,22)(H,20,21)(H,23,24). The van der Waals surface area contributed by atoms with E-state index in [4.69, 9.17) is 10.2 Å². The van der Waals surface area contributed by atoms with Crippen LogP contribution in [0.15, 0.2) is 24.3 Å². The highest BCUT2D eigenvalue weighted by molar-refractivity contribution is 6.07. The van der Waals surface area contributed by atoms with E-state index >= 15 is 0 Å². The molecule has 3 N–H and O–H groups in total. The molecule has 1 atom stereocenters. The smallest absolute Gasteiger partial charge is 0.326 e. The quantitative estimate of drug-likeness (QED) is 0.741. The molecule has 0 saturated carbocycles. The van der Waals surface area contributed by atoms with Gasteiger partial charge in [-0.15, -0.1) is 0 Å². The van der Waals surface area contributed by atoms with Crippen molar-refractivity contribution in [1.82, 2.24) is 10.3 Å². The van der Waals surface area contributed by atoms with Gasteiger partial charge in [0.15, 0.2) is 0 Å². The Morgan fingerprint density at radius 3 is 2.58 bits per heavy atom. The number of nitrogens with one attached hydrogen (secondary N) is 1. The summed E-state index contributed by atoms with van der Waals surface area (Å²) >= 11 is 0. The van der Waals surface area contributed by atoms with E-state index in [0.717, 1.165) is 6.07 Å². The summed E-state index contributed by atoms with van der Waals surface area (Å²) in [6, 6.07) is 3.85. The number of rotatable bonds is 6. The van der Waals surface area contributed by atoms with Crippen molar-refractivity contribution >= 4 is 28.7 Å². The number of nitrogens with zero attached hydrogens (tertiary/aromatic N) is 1. The minimum atomic E-state index is -1.36. The van der Waals surface area contributed by atoms with Crippen molar-refractivity contribution in [3.05, 3.63) is 41.3 Å². The third-order valence-electron chi connectivity index (χ3n) is 3.39. The van der Waals surface area contributed by atoms with Crippen LogP contribution >= 0.6 is 0 Å². The first-order valence-electron chi connectivity index (χ1n) is 7.10. The summed E-state index contributed by atoms with van der Waals surface area (Å²) in [7, 11) is 0. The summed E-state index contributed by atoms with van der Waals surface area (Å²) in [6.07, 6.45) is -0.658. The Bertz CT molecular complexity index is 821. The van der Waals surface area contributed by atoms with Gasteiger partial charge in [0.2, 0.25) is 0 Å². The molecule has 0 aliphatic carbocycles. The fourth-order valence-electron chi connectivity index (χ4n) is 2.28. The van der Waals surface area contributed by atoms with E-state index in [2.05, 4.69) is 10.3 Å². The van der Waals surface area contributed by atoms with Crippen molar-refractivity contribution in [2.45, 2.75) is 25.8 Å². The predicted molar refractivity (Wildman–Crippen MR) is 82.2 cm³/mol. The number of pyridine rings is 1. The summed E-state index contributed by atoms with van der Waals surface area (Å²) in [5, 5.41) is 20.3. The molecular weight excluding hydrogens is 319 g/mol. The molecule has 0 aliphatic rings. The molecule has 24 heavy (non-hydrogen) atoms. The number of halogens is 1. The highest BCUT2D eigenvalue weighted by atomic mass is 19.1. The van der Waals surface area contributed by atoms with Crippen LogP contribution in [0.5, 0.6) is 0 Å². The van der Waals surface area contributed by atoms with Crippen LogP contribution in [0.1, 0.15) is 28.9 Å². The number of hydrogen-bond donors (Lipinski definition) is 3. The number of hydrogen-bond acceptors (Lipinski definition) is 4. The number of carboxylic acid groups (broad SMARTS) is 2. The molecule has 0 saturated heterocycles. The lowest BCUT2D eigenvalue weighted by atomic mass is 10.1. The number of amides is 1. The van der Waals surface area contributed by atoms with Crippen LogP contribution < -0.4 is 5.32 Å². The largest absolute Gasteiger partial charge is 0.481 e. The summed E-state index contributed by atoms with van der Waals surface area (Å²) < 4.78 is 13.5. The molecule has 1 unspecified atom stereocenters. The molecule has 2 aromatic rings. The highest BCUT2D eigenvalue weighted by Gasteiger charge is 2.23. The maximum Gasteiger partial charge on any atom is 0.326 e. The Morgan fingerprint density at radius 1 is 1.25 bits per heavy atom. The van der Waals surface area contributed by atoms with E-state index in [1.165, 1.54) is 18.2 Å². The van der Waals surface area contributed by atoms with Crippen molar-refractivity contribution < 1.29 is 29.0 Å². The molecule has 126 valence electrons. The van der Waals surface area contributed by atoms with Gasteiger partial charge in [0.05, 0.1) is 11.1 Å². The van der Waals surface area contributed by atoms with Crippen LogP contribution in [0.4, 0.5) is 4.39 Å². The van der Waals surface area contributed by atoms with Gasteiger partial charge in [-0.05, 0) is 37.6 Å². The van der Waals surface area contributed by atoms with Gasteiger partial charge in [0.1, 0.15) is 11.9 Å². The van der Waals surface area contributed by atoms with Gasteiger partial charge < -0.3 is 15.5 Å². The Balaban J connectivity index is 2.34. The molecule has 1 amide bonds. The Hall–Kier alpha value is -3.03. The number of carboxylic acids is 2. The van der Waals surface area contributed by atoms with Crippen LogP contribution in [0.25, 0.3) is 10.9 Å². The monoisotopic (exact) mass is 334 g/mol. The Kier molecular flexibility index (Phi) is 5.08. The zero-order valence-corrected chi connectivity index (χ0v) is 12.7. The Labute approximate surface area is 136 Å². The van der Waals surface area contributed by atoms with Gasteiger partial charge in [-0.3, -0.25) is 14.6 Å². The minimum Gasteiger partial charge on any atom is -0.481 e.